The van der Waals surface area contributed by atoms with Gasteiger partial charge in [0.1, 0.15) is 11.6 Å². The first-order valence-electron chi connectivity index (χ1n) is 11.7. The molecular weight excluding hydrogens is 589 g/mol. The van der Waals surface area contributed by atoms with Crippen LogP contribution in [-0.2, 0) is 36.5 Å². The number of phosphoric acid groups is 1. The third-order valence-corrected chi connectivity index (χ3v) is 6.86. The third-order valence-electron chi connectivity index (χ3n) is 6.37. The van der Waals surface area contributed by atoms with Crippen molar-refractivity contribution in [2.45, 2.75) is 37.2 Å². The van der Waals surface area contributed by atoms with Gasteiger partial charge in [-0.1, -0.05) is 30.3 Å². The number of nitrogens with one attached hydrogen (secondary N) is 2. The number of phosphoric ester groups is 1. The number of alkyl halides is 6. The molecule has 0 unspecified atom stereocenters. The summed E-state index contributed by atoms with van der Waals surface area (Å²) in [6.45, 7) is 0.419. The largest absolute Gasteiger partial charge is 0.469 e. The van der Waals surface area contributed by atoms with Gasteiger partial charge in [0.15, 0.2) is 6.29 Å². The molecule has 1 aromatic heterocycles. The fourth-order valence-corrected chi connectivity index (χ4v) is 4.75. The Morgan fingerprint density at radius 3 is 2.24 bits per heavy atom. The number of aromatic nitrogens is 3. The van der Waals surface area contributed by atoms with Crippen LogP contribution in [0.5, 0.6) is 0 Å². The maximum Gasteiger partial charge on any atom is 0.469 e. The van der Waals surface area contributed by atoms with E-state index < -0.39 is 67.1 Å². The van der Waals surface area contributed by atoms with Gasteiger partial charge in [0.25, 0.3) is 0 Å². The van der Waals surface area contributed by atoms with Gasteiger partial charge >= 0.3 is 25.9 Å². The Hall–Kier alpha value is -3.21. The van der Waals surface area contributed by atoms with Crippen molar-refractivity contribution in [3.05, 3.63) is 81.3 Å². The monoisotopic (exact) mass is 612 g/mol. The van der Waals surface area contributed by atoms with Crippen molar-refractivity contribution >= 4 is 13.8 Å². The predicted octanol–water partition coefficient (Wildman–Crippen LogP) is 4.08. The van der Waals surface area contributed by atoms with Gasteiger partial charge in [-0.15, -0.1) is 5.10 Å². The van der Waals surface area contributed by atoms with Crippen molar-refractivity contribution < 1.29 is 54.7 Å². The first-order valence-corrected chi connectivity index (χ1v) is 13.3. The molecule has 0 aliphatic carbocycles. The number of aromatic amines is 2. The van der Waals surface area contributed by atoms with Gasteiger partial charge in [0.2, 0.25) is 5.95 Å². The molecule has 18 heteroatoms. The summed E-state index contributed by atoms with van der Waals surface area (Å²) in [6.07, 6.45) is -13.8. The van der Waals surface area contributed by atoms with Crippen molar-refractivity contribution in [3.8, 4) is 0 Å². The molecule has 3 aromatic rings. The molecule has 2 heterocycles. The molecule has 0 amide bonds. The number of H-pyrrole nitrogens is 2. The number of rotatable bonds is 8. The molecule has 1 fully saturated rings. The molecule has 0 saturated carbocycles. The van der Waals surface area contributed by atoms with Crippen LogP contribution < -0.4 is 10.6 Å². The molecule has 0 bridgehead atoms. The first kappa shape index (κ1) is 30.7. The van der Waals surface area contributed by atoms with Gasteiger partial charge in [-0.25, -0.2) is 14.5 Å². The molecule has 3 atom stereocenters. The average molecular weight is 612 g/mol. The summed E-state index contributed by atoms with van der Waals surface area (Å²) in [5.41, 5.74) is -5.69. The molecule has 2 aromatic carbocycles. The highest BCUT2D eigenvalue weighted by molar-refractivity contribution is 7.46. The van der Waals surface area contributed by atoms with Crippen molar-refractivity contribution in [1.29, 1.82) is 0 Å². The predicted molar refractivity (Wildman–Crippen MR) is 128 cm³/mol. The molecule has 1 aliphatic rings. The normalized spacial score (nSPS) is 21.2. The Morgan fingerprint density at radius 2 is 1.73 bits per heavy atom. The summed E-state index contributed by atoms with van der Waals surface area (Å²) in [4.78, 5) is 34.3. The lowest BCUT2D eigenvalue weighted by Gasteiger charge is -2.50. The summed E-state index contributed by atoms with van der Waals surface area (Å²) in [7, 11) is -5.26. The van der Waals surface area contributed by atoms with Crippen LogP contribution in [0.2, 0.25) is 0 Å². The number of anilines is 1. The number of hydrogen-bond donors (Lipinski definition) is 4. The topological polar surface area (TPSA) is 150 Å². The number of benzene rings is 2. The van der Waals surface area contributed by atoms with E-state index in [0.717, 1.165) is 0 Å². The highest BCUT2D eigenvalue weighted by Crippen LogP contribution is 2.44. The van der Waals surface area contributed by atoms with E-state index >= 15 is 0 Å². The smallest absolute Gasteiger partial charge is 0.348 e. The van der Waals surface area contributed by atoms with E-state index in [0.29, 0.717) is 17.7 Å². The molecule has 1 saturated heterocycles. The maximum absolute atomic E-state index is 13.6. The van der Waals surface area contributed by atoms with Crippen molar-refractivity contribution in [2.24, 2.45) is 0 Å². The van der Waals surface area contributed by atoms with Crippen LogP contribution in [0.3, 0.4) is 0 Å². The van der Waals surface area contributed by atoms with Crippen LogP contribution in [0.25, 0.3) is 0 Å². The lowest BCUT2D eigenvalue weighted by Crippen LogP contribution is -2.60. The number of halogens is 6. The summed E-state index contributed by atoms with van der Waals surface area (Å²) in [6, 6.07) is 8.90. The van der Waals surface area contributed by atoms with Gasteiger partial charge < -0.3 is 24.2 Å². The second-order valence-corrected chi connectivity index (χ2v) is 10.4. The lowest BCUT2D eigenvalue weighted by molar-refractivity contribution is -0.225. The summed E-state index contributed by atoms with van der Waals surface area (Å²) in [5, 5.41) is 6.13. The number of ether oxygens (including phenoxy) is 2. The minimum absolute atomic E-state index is 0.0275. The Balaban J connectivity index is 1.84. The van der Waals surface area contributed by atoms with Crippen LogP contribution in [0.4, 0.5) is 32.3 Å². The van der Waals surface area contributed by atoms with E-state index in [4.69, 9.17) is 9.47 Å². The highest BCUT2D eigenvalue weighted by Gasteiger charge is 2.49. The standard InChI is InChI=1S/C23H23F6N4O7P/c1-21(14-5-3-2-4-6-14)18(38-8-7-33(21)19-30-20(34)32-31-19)40-17(12-39-41(35,36)37)13-9-15(22(24,25)26)11-16(10-13)23(27,28)29/h2-6,9-11,17-18H,7-8,12H2,1H3,(H2,35,36,37)(H2,30,31,32,34)/t17-,18-,21+/m1/s1. The second kappa shape index (κ2) is 11.2. The third kappa shape index (κ3) is 6.99. The minimum atomic E-state index is -5.26. The maximum atomic E-state index is 13.6. The van der Waals surface area contributed by atoms with Crippen molar-refractivity contribution in [2.75, 3.05) is 24.7 Å². The fourth-order valence-electron chi connectivity index (χ4n) is 4.42. The quantitative estimate of drug-likeness (QED) is 0.218. The first-order chi connectivity index (χ1) is 19.0. The zero-order valence-electron chi connectivity index (χ0n) is 20.9. The minimum Gasteiger partial charge on any atom is -0.348 e. The Morgan fingerprint density at radius 1 is 1.12 bits per heavy atom. The Kier molecular flexibility index (Phi) is 8.42. The van der Waals surface area contributed by atoms with Crippen LogP contribution in [0, 0.1) is 0 Å². The van der Waals surface area contributed by atoms with Gasteiger partial charge in [-0.3, -0.25) is 9.51 Å². The van der Waals surface area contributed by atoms with E-state index in [1.807, 2.05) is 0 Å². The second-order valence-electron chi connectivity index (χ2n) is 9.12. The lowest BCUT2D eigenvalue weighted by atomic mass is 9.88. The van der Waals surface area contributed by atoms with Gasteiger partial charge in [-0.05, 0) is 36.2 Å². The van der Waals surface area contributed by atoms with E-state index in [1.165, 1.54) is 0 Å². The average Bonchev–Trinajstić information content (AvgIpc) is 3.31. The molecule has 0 radical (unpaired) electrons. The molecule has 4 rings (SSSR count). The Labute approximate surface area is 227 Å². The van der Waals surface area contributed by atoms with E-state index in [1.54, 1.807) is 42.2 Å². The molecular formula is C23H23F6N4O7P. The van der Waals surface area contributed by atoms with E-state index in [-0.39, 0.29) is 25.2 Å². The van der Waals surface area contributed by atoms with Crippen LogP contribution >= 0.6 is 7.82 Å². The summed E-state index contributed by atoms with van der Waals surface area (Å²) < 4.78 is 109. The highest BCUT2D eigenvalue weighted by atomic mass is 31.2. The molecule has 41 heavy (non-hydrogen) atoms. The molecule has 4 N–H and O–H groups in total. The van der Waals surface area contributed by atoms with Crippen LogP contribution in [0.15, 0.2) is 53.3 Å². The van der Waals surface area contributed by atoms with Gasteiger partial charge in [0, 0.05) is 6.54 Å². The van der Waals surface area contributed by atoms with Gasteiger partial charge in [-0.2, -0.15) is 26.3 Å². The molecule has 11 nitrogen and oxygen atoms in total. The number of nitrogens with zero attached hydrogens (tertiary/aromatic N) is 2. The van der Waals surface area contributed by atoms with Crippen molar-refractivity contribution in [3.63, 3.8) is 0 Å². The van der Waals surface area contributed by atoms with Crippen molar-refractivity contribution in [1.82, 2.24) is 15.2 Å². The zero-order chi connectivity index (χ0) is 30.2. The number of morpholine rings is 1. The molecule has 1 aliphatic heterocycles. The Bertz CT molecular complexity index is 1430. The summed E-state index contributed by atoms with van der Waals surface area (Å²) in [5.74, 6) is 0.0275. The van der Waals surface area contributed by atoms with Gasteiger partial charge in [0.05, 0.1) is 24.3 Å². The van der Waals surface area contributed by atoms with Crippen LogP contribution in [-0.4, -0.2) is 51.0 Å². The van der Waals surface area contributed by atoms with E-state index in [2.05, 4.69) is 19.7 Å². The SMILES string of the molecule is C[C@]1(c2ccccc2)[C@@H](O[C@H](COP(=O)(O)O)c2cc(C(F)(F)F)cc(C(F)(F)F)c2)OCCN1c1n[nH]c(=O)[nH]1. The number of hydrogen-bond acceptors (Lipinski definition) is 7. The zero-order valence-corrected chi connectivity index (χ0v) is 21.8. The molecule has 0 spiro atoms. The van der Waals surface area contributed by atoms with Crippen LogP contribution in [0.1, 0.15) is 35.3 Å². The fraction of sp³-hybridized carbons (Fsp3) is 0.391. The molecule has 224 valence electrons. The summed E-state index contributed by atoms with van der Waals surface area (Å²) >= 11 is 0. The van der Waals surface area contributed by atoms with E-state index in [9.17, 15) is 45.5 Å².